The molecule has 0 radical (unpaired) electrons. The fourth-order valence-electron chi connectivity index (χ4n) is 4.36. The number of fused-ring (bicyclic) bond motifs is 3. The van der Waals surface area contributed by atoms with Crippen molar-refractivity contribution in [2.45, 2.75) is 20.4 Å². The Labute approximate surface area is 213 Å². The Hall–Kier alpha value is -4.17. The highest BCUT2D eigenvalue weighted by Gasteiger charge is 2.19. The number of halogens is 1. The zero-order chi connectivity index (χ0) is 23.9. The lowest BCUT2D eigenvalue weighted by Crippen LogP contribution is -2.11. The summed E-state index contributed by atoms with van der Waals surface area (Å²) in [6, 6.07) is 17.4. The lowest BCUT2D eigenvalue weighted by Gasteiger charge is -2.10. The van der Waals surface area contributed by atoms with Gasteiger partial charge in [-0.05, 0) is 73.5 Å². The number of aromatic nitrogens is 3. The minimum atomic E-state index is -0.201. The SMILES string of the molecule is CCOc1ccc2[nH]c(=O)c(-c3nc4cc(C)ccn4c3NCc3ccc4c(c3)OCO4)cc2c1.Cl. The standard InChI is InChI=1S/C27H24N4O4.ClH/c1-3-33-19-5-6-21-18(12-19)13-20(27(32)29-21)25-26(31-9-8-16(2)10-24(31)30-25)28-14-17-4-7-22-23(11-17)35-15-34-22;/h4-13,28H,3,14-15H2,1-2H3,(H,29,32);1H. The molecule has 8 nitrogen and oxygen atoms in total. The number of benzene rings is 2. The largest absolute Gasteiger partial charge is 0.494 e. The summed E-state index contributed by atoms with van der Waals surface area (Å²) in [4.78, 5) is 21.0. The quantitative estimate of drug-likeness (QED) is 0.325. The number of rotatable bonds is 6. The number of nitrogens with zero attached hydrogens (tertiary/aromatic N) is 2. The van der Waals surface area contributed by atoms with E-state index in [-0.39, 0.29) is 24.8 Å². The smallest absolute Gasteiger partial charge is 0.258 e. The van der Waals surface area contributed by atoms with Crippen LogP contribution in [-0.2, 0) is 6.54 Å². The van der Waals surface area contributed by atoms with E-state index in [1.54, 1.807) is 0 Å². The van der Waals surface area contributed by atoms with Gasteiger partial charge >= 0.3 is 0 Å². The van der Waals surface area contributed by atoms with Crippen LogP contribution in [0.5, 0.6) is 17.2 Å². The number of nitrogens with one attached hydrogen (secondary N) is 2. The van der Waals surface area contributed by atoms with Gasteiger partial charge in [-0.3, -0.25) is 9.20 Å². The van der Waals surface area contributed by atoms with Crippen molar-refractivity contribution in [3.63, 3.8) is 0 Å². The van der Waals surface area contributed by atoms with E-state index in [1.165, 1.54) is 0 Å². The molecule has 0 amide bonds. The third kappa shape index (κ3) is 4.20. The molecule has 0 bridgehead atoms. The van der Waals surface area contributed by atoms with Crippen LogP contribution in [0.3, 0.4) is 0 Å². The molecular weight excluding hydrogens is 480 g/mol. The van der Waals surface area contributed by atoms with Gasteiger partial charge in [0.1, 0.15) is 22.9 Å². The molecule has 1 aliphatic rings. The minimum Gasteiger partial charge on any atom is -0.494 e. The van der Waals surface area contributed by atoms with Crippen molar-refractivity contribution in [3.8, 4) is 28.5 Å². The second-order valence-corrected chi connectivity index (χ2v) is 8.48. The van der Waals surface area contributed by atoms with Crippen LogP contribution in [0.1, 0.15) is 18.1 Å². The van der Waals surface area contributed by atoms with E-state index in [9.17, 15) is 4.79 Å². The van der Waals surface area contributed by atoms with Gasteiger partial charge in [0.05, 0.1) is 12.2 Å². The molecule has 0 spiro atoms. The first-order chi connectivity index (χ1) is 17.1. The van der Waals surface area contributed by atoms with E-state index in [1.807, 2.05) is 79.0 Å². The summed E-state index contributed by atoms with van der Waals surface area (Å²) in [7, 11) is 0. The number of hydrogen-bond acceptors (Lipinski definition) is 6. The zero-order valence-corrected chi connectivity index (χ0v) is 20.6. The minimum absolute atomic E-state index is 0. The highest BCUT2D eigenvalue weighted by Crippen LogP contribution is 2.34. The first kappa shape index (κ1) is 23.6. The van der Waals surface area contributed by atoms with Crippen molar-refractivity contribution in [3.05, 3.63) is 82.3 Å². The second-order valence-electron chi connectivity index (χ2n) is 8.48. The lowest BCUT2D eigenvalue weighted by molar-refractivity contribution is 0.174. The van der Waals surface area contributed by atoms with E-state index in [4.69, 9.17) is 19.2 Å². The van der Waals surface area contributed by atoms with Crippen LogP contribution in [0, 0.1) is 6.92 Å². The molecular formula is C27H25ClN4O4. The number of aryl methyl sites for hydroxylation is 1. The first-order valence-corrected chi connectivity index (χ1v) is 11.5. The highest BCUT2D eigenvalue weighted by atomic mass is 35.5. The fraction of sp³-hybridized carbons (Fsp3) is 0.185. The molecule has 9 heteroatoms. The highest BCUT2D eigenvalue weighted by molar-refractivity contribution is 5.87. The molecule has 5 aromatic rings. The van der Waals surface area contributed by atoms with E-state index in [0.717, 1.165) is 50.7 Å². The van der Waals surface area contributed by atoms with Gasteiger partial charge in [-0.2, -0.15) is 0 Å². The van der Waals surface area contributed by atoms with Crippen molar-refractivity contribution in [1.82, 2.24) is 14.4 Å². The van der Waals surface area contributed by atoms with Crippen LogP contribution in [0.15, 0.2) is 65.6 Å². The number of hydrogen-bond donors (Lipinski definition) is 2. The van der Waals surface area contributed by atoms with Crippen molar-refractivity contribution in [2.75, 3.05) is 18.7 Å². The van der Waals surface area contributed by atoms with Crippen LogP contribution >= 0.6 is 12.4 Å². The monoisotopic (exact) mass is 504 g/mol. The Bertz CT molecular complexity index is 1640. The molecule has 3 aromatic heterocycles. The van der Waals surface area contributed by atoms with Gasteiger partial charge in [0, 0.05) is 23.6 Å². The lowest BCUT2D eigenvalue weighted by atomic mass is 10.1. The third-order valence-electron chi connectivity index (χ3n) is 6.06. The predicted octanol–water partition coefficient (Wildman–Crippen LogP) is 5.31. The maximum absolute atomic E-state index is 13.1. The summed E-state index contributed by atoms with van der Waals surface area (Å²) >= 11 is 0. The van der Waals surface area contributed by atoms with E-state index >= 15 is 0 Å². The maximum Gasteiger partial charge on any atom is 0.258 e. The Morgan fingerprint density at radius 3 is 2.81 bits per heavy atom. The van der Waals surface area contributed by atoms with Crippen LogP contribution in [0.2, 0.25) is 0 Å². The molecule has 0 fully saturated rings. The van der Waals surface area contributed by atoms with E-state index < -0.39 is 0 Å². The summed E-state index contributed by atoms with van der Waals surface area (Å²) in [5.41, 5.74) is 4.49. The van der Waals surface area contributed by atoms with Crippen LogP contribution in [-0.4, -0.2) is 27.8 Å². The fourth-order valence-corrected chi connectivity index (χ4v) is 4.36. The molecule has 184 valence electrons. The number of H-pyrrole nitrogens is 1. The summed E-state index contributed by atoms with van der Waals surface area (Å²) < 4.78 is 18.5. The van der Waals surface area contributed by atoms with Crippen LogP contribution in [0.25, 0.3) is 27.8 Å². The average Bonchev–Trinajstić information content (AvgIpc) is 3.46. The summed E-state index contributed by atoms with van der Waals surface area (Å²) in [6.45, 7) is 5.29. The van der Waals surface area contributed by atoms with Gasteiger partial charge < -0.3 is 24.5 Å². The maximum atomic E-state index is 13.1. The second kappa shape index (κ2) is 9.47. The molecule has 1 aliphatic heterocycles. The number of pyridine rings is 2. The number of aromatic amines is 1. The number of ether oxygens (including phenoxy) is 3. The molecule has 0 unspecified atom stereocenters. The molecule has 2 aromatic carbocycles. The van der Waals surface area contributed by atoms with Gasteiger partial charge in [-0.15, -0.1) is 12.4 Å². The number of anilines is 1. The predicted molar refractivity (Wildman–Crippen MR) is 142 cm³/mol. The topological polar surface area (TPSA) is 89.9 Å². The molecule has 4 heterocycles. The Balaban J connectivity index is 0.00000267. The number of imidazole rings is 1. The molecule has 36 heavy (non-hydrogen) atoms. The third-order valence-corrected chi connectivity index (χ3v) is 6.06. The normalized spacial score (nSPS) is 12.1. The average molecular weight is 505 g/mol. The van der Waals surface area contributed by atoms with E-state index in [2.05, 4.69) is 10.3 Å². The summed E-state index contributed by atoms with van der Waals surface area (Å²) in [5.74, 6) is 2.97. The Kier molecular flexibility index (Phi) is 6.20. The van der Waals surface area contributed by atoms with Gasteiger partial charge in [-0.1, -0.05) is 6.07 Å². The van der Waals surface area contributed by atoms with Gasteiger partial charge in [0.25, 0.3) is 5.56 Å². The molecule has 6 rings (SSSR count). The van der Waals surface area contributed by atoms with Crippen molar-refractivity contribution < 1.29 is 14.2 Å². The van der Waals surface area contributed by atoms with Gasteiger partial charge in [0.15, 0.2) is 11.5 Å². The summed E-state index contributed by atoms with van der Waals surface area (Å²) in [6.07, 6.45) is 1.96. The summed E-state index contributed by atoms with van der Waals surface area (Å²) in [5, 5.41) is 4.37. The molecule has 0 saturated heterocycles. The Morgan fingerprint density at radius 2 is 1.94 bits per heavy atom. The van der Waals surface area contributed by atoms with Gasteiger partial charge in [-0.25, -0.2) is 4.98 Å². The van der Waals surface area contributed by atoms with Crippen LogP contribution in [0.4, 0.5) is 5.82 Å². The first-order valence-electron chi connectivity index (χ1n) is 11.5. The van der Waals surface area contributed by atoms with Gasteiger partial charge in [0.2, 0.25) is 6.79 Å². The molecule has 0 atom stereocenters. The van der Waals surface area contributed by atoms with Crippen molar-refractivity contribution in [2.24, 2.45) is 0 Å². The zero-order valence-electron chi connectivity index (χ0n) is 19.8. The van der Waals surface area contributed by atoms with Crippen LogP contribution < -0.4 is 25.1 Å². The molecule has 0 saturated carbocycles. The van der Waals surface area contributed by atoms with E-state index in [0.29, 0.717) is 24.4 Å². The molecule has 0 aliphatic carbocycles. The van der Waals surface area contributed by atoms with Crippen molar-refractivity contribution >= 4 is 34.8 Å². The molecule has 2 N–H and O–H groups in total. The Morgan fingerprint density at radius 1 is 1.08 bits per heavy atom. The van der Waals surface area contributed by atoms with Crippen molar-refractivity contribution in [1.29, 1.82) is 0 Å².